The average molecular weight is 385 g/mol. The summed E-state index contributed by atoms with van der Waals surface area (Å²) in [7, 11) is 5.55. The molecule has 20 heavy (non-hydrogen) atoms. The number of aromatic nitrogens is 2. The topological polar surface area (TPSA) is 58.2 Å². The Morgan fingerprint density at radius 3 is 2.50 bits per heavy atom. The maximum Gasteiger partial charge on any atom is 0.264 e. The molecule has 0 saturated carbocycles. The second-order valence-electron chi connectivity index (χ2n) is 4.55. The number of rotatable bonds is 4. The number of hydrogen-bond acceptors (Lipinski definition) is 4. The average Bonchev–Trinajstić information content (AvgIpc) is 2.44. The first kappa shape index (κ1) is 15.0. The molecule has 2 aromatic rings. The Morgan fingerprint density at radius 2 is 1.95 bits per heavy atom. The maximum atomic E-state index is 11.9. The van der Waals surface area contributed by atoms with Crippen LogP contribution in [0.2, 0.25) is 0 Å². The molecule has 0 unspecified atom stereocenters. The Balaban J connectivity index is 2.44. The van der Waals surface area contributed by atoms with Crippen LogP contribution in [0.4, 0.5) is 5.69 Å². The van der Waals surface area contributed by atoms with Crippen LogP contribution in [0.1, 0.15) is 5.69 Å². The summed E-state index contributed by atoms with van der Waals surface area (Å²) in [6.07, 6.45) is 0. The molecular weight excluding hydrogens is 369 g/mol. The number of H-pyrrole nitrogens is 1. The Hall–Kier alpha value is -1.41. The van der Waals surface area contributed by atoms with Crippen LogP contribution in [0.15, 0.2) is 29.1 Å². The second kappa shape index (κ2) is 6.36. The van der Waals surface area contributed by atoms with Gasteiger partial charge in [0.1, 0.15) is 9.39 Å². The minimum Gasteiger partial charge on any atom is -0.378 e. The zero-order valence-corrected chi connectivity index (χ0v) is 13.8. The fraction of sp³-hybridized carbons (Fsp3) is 0.286. The van der Waals surface area contributed by atoms with Crippen molar-refractivity contribution in [2.45, 2.75) is 6.61 Å². The SMILES string of the molecule is COCc1nc(-c2ccc(N(C)C)cc2)[nH]c(=O)c1I. The third-order valence-corrected chi connectivity index (χ3v) is 3.98. The number of benzene rings is 1. The van der Waals surface area contributed by atoms with Crippen LogP contribution < -0.4 is 10.5 Å². The van der Waals surface area contributed by atoms with Gasteiger partial charge in [-0.1, -0.05) is 0 Å². The molecule has 0 aliphatic heterocycles. The number of ether oxygens (including phenoxy) is 1. The van der Waals surface area contributed by atoms with Gasteiger partial charge in [0.15, 0.2) is 0 Å². The van der Waals surface area contributed by atoms with E-state index >= 15 is 0 Å². The van der Waals surface area contributed by atoms with E-state index in [0.29, 0.717) is 21.7 Å². The number of halogens is 1. The molecule has 0 radical (unpaired) electrons. The summed E-state index contributed by atoms with van der Waals surface area (Å²) < 4.78 is 5.65. The number of nitrogens with zero attached hydrogens (tertiary/aromatic N) is 2. The van der Waals surface area contributed by atoms with E-state index in [1.807, 2.05) is 65.9 Å². The molecule has 1 N–H and O–H groups in total. The van der Waals surface area contributed by atoms with E-state index < -0.39 is 0 Å². The summed E-state index contributed by atoms with van der Waals surface area (Å²) >= 11 is 1.99. The lowest BCUT2D eigenvalue weighted by atomic mass is 10.2. The second-order valence-corrected chi connectivity index (χ2v) is 5.63. The highest BCUT2D eigenvalue weighted by Crippen LogP contribution is 2.19. The molecular formula is C14H16IN3O2. The molecule has 1 heterocycles. The Morgan fingerprint density at radius 1 is 1.30 bits per heavy atom. The van der Waals surface area contributed by atoms with Crippen LogP contribution in [0.5, 0.6) is 0 Å². The van der Waals surface area contributed by atoms with Crippen LogP contribution in [-0.2, 0) is 11.3 Å². The molecule has 5 nitrogen and oxygen atoms in total. The van der Waals surface area contributed by atoms with E-state index in [-0.39, 0.29) is 5.56 Å². The van der Waals surface area contributed by atoms with Crippen molar-refractivity contribution >= 4 is 28.3 Å². The molecule has 6 heteroatoms. The van der Waals surface area contributed by atoms with Gasteiger partial charge in [-0.25, -0.2) is 4.98 Å². The molecule has 0 spiro atoms. The van der Waals surface area contributed by atoms with Crippen molar-refractivity contribution in [1.82, 2.24) is 9.97 Å². The van der Waals surface area contributed by atoms with Gasteiger partial charge in [-0.3, -0.25) is 4.79 Å². The maximum absolute atomic E-state index is 11.9. The van der Waals surface area contributed by atoms with Crippen molar-refractivity contribution < 1.29 is 4.74 Å². The van der Waals surface area contributed by atoms with Gasteiger partial charge in [0.2, 0.25) is 0 Å². The Bertz CT molecular complexity index is 650. The Labute approximate surface area is 131 Å². The Kier molecular flexibility index (Phi) is 4.77. The van der Waals surface area contributed by atoms with Crippen molar-refractivity contribution in [2.75, 3.05) is 26.1 Å². The van der Waals surface area contributed by atoms with Crippen molar-refractivity contribution in [3.8, 4) is 11.4 Å². The highest BCUT2D eigenvalue weighted by Gasteiger charge is 2.10. The summed E-state index contributed by atoms with van der Waals surface area (Å²) in [5.74, 6) is 0.563. The van der Waals surface area contributed by atoms with Gasteiger partial charge in [-0.2, -0.15) is 0 Å². The van der Waals surface area contributed by atoms with E-state index in [4.69, 9.17) is 4.74 Å². The predicted octanol–water partition coefficient (Wildman–Crippen LogP) is 2.25. The van der Waals surface area contributed by atoms with Gasteiger partial charge >= 0.3 is 0 Å². The third-order valence-electron chi connectivity index (χ3n) is 2.87. The summed E-state index contributed by atoms with van der Waals surface area (Å²) in [6, 6.07) is 7.86. The monoisotopic (exact) mass is 385 g/mol. The van der Waals surface area contributed by atoms with Gasteiger partial charge in [0.05, 0.1) is 12.3 Å². The molecule has 2 rings (SSSR count). The zero-order chi connectivity index (χ0) is 14.7. The van der Waals surface area contributed by atoms with Crippen LogP contribution in [0, 0.1) is 3.57 Å². The van der Waals surface area contributed by atoms with Crippen molar-refractivity contribution in [1.29, 1.82) is 0 Å². The van der Waals surface area contributed by atoms with E-state index in [0.717, 1.165) is 11.3 Å². The third kappa shape index (κ3) is 3.18. The molecule has 0 amide bonds. The van der Waals surface area contributed by atoms with Crippen LogP contribution in [-0.4, -0.2) is 31.2 Å². The first-order chi connectivity index (χ1) is 9.52. The number of hydrogen-bond donors (Lipinski definition) is 1. The minimum absolute atomic E-state index is 0.140. The summed E-state index contributed by atoms with van der Waals surface area (Å²) in [5.41, 5.74) is 2.49. The first-order valence-corrected chi connectivity index (χ1v) is 7.16. The number of methoxy groups -OCH3 is 1. The first-order valence-electron chi connectivity index (χ1n) is 6.08. The van der Waals surface area contributed by atoms with E-state index in [1.54, 1.807) is 7.11 Å². The number of anilines is 1. The van der Waals surface area contributed by atoms with Gasteiger partial charge < -0.3 is 14.6 Å². The minimum atomic E-state index is -0.140. The quantitative estimate of drug-likeness (QED) is 0.821. The van der Waals surface area contributed by atoms with Crippen LogP contribution in [0.25, 0.3) is 11.4 Å². The zero-order valence-electron chi connectivity index (χ0n) is 11.6. The molecule has 0 atom stereocenters. The highest BCUT2D eigenvalue weighted by atomic mass is 127. The lowest BCUT2D eigenvalue weighted by molar-refractivity contribution is 0.180. The molecule has 0 fully saturated rings. The van der Waals surface area contributed by atoms with Gasteiger partial charge in [-0.05, 0) is 46.9 Å². The lowest BCUT2D eigenvalue weighted by Gasteiger charge is -2.12. The normalized spacial score (nSPS) is 10.6. The number of aromatic amines is 1. The highest BCUT2D eigenvalue weighted by molar-refractivity contribution is 14.1. The van der Waals surface area contributed by atoms with Gasteiger partial charge in [0, 0.05) is 32.5 Å². The van der Waals surface area contributed by atoms with Gasteiger partial charge in [0.25, 0.3) is 5.56 Å². The summed E-state index contributed by atoms with van der Waals surface area (Å²) in [4.78, 5) is 21.2. The fourth-order valence-corrected chi connectivity index (χ4v) is 2.20. The van der Waals surface area contributed by atoms with E-state index in [9.17, 15) is 4.79 Å². The standard InChI is InChI=1S/C14H16IN3O2/c1-18(2)10-6-4-9(5-7-10)13-16-11(8-20-3)12(15)14(19)17-13/h4-7H,8H2,1-3H3,(H,16,17,19). The fourth-order valence-electron chi connectivity index (χ4n) is 1.79. The molecule has 106 valence electrons. The van der Waals surface area contributed by atoms with Crippen molar-refractivity contribution in [3.05, 3.63) is 43.9 Å². The summed E-state index contributed by atoms with van der Waals surface area (Å²) in [5, 5.41) is 0. The number of nitrogens with one attached hydrogen (secondary N) is 1. The van der Waals surface area contributed by atoms with Crippen molar-refractivity contribution in [2.24, 2.45) is 0 Å². The van der Waals surface area contributed by atoms with Crippen molar-refractivity contribution in [3.63, 3.8) is 0 Å². The molecule has 0 saturated heterocycles. The van der Waals surface area contributed by atoms with E-state index in [1.165, 1.54) is 0 Å². The molecule has 0 aliphatic carbocycles. The molecule has 1 aromatic carbocycles. The molecule has 1 aromatic heterocycles. The molecule has 0 aliphatic rings. The van der Waals surface area contributed by atoms with Gasteiger partial charge in [-0.15, -0.1) is 0 Å². The smallest absolute Gasteiger partial charge is 0.264 e. The predicted molar refractivity (Wildman–Crippen MR) is 88.1 cm³/mol. The van der Waals surface area contributed by atoms with Crippen LogP contribution in [0.3, 0.4) is 0 Å². The largest absolute Gasteiger partial charge is 0.378 e. The molecule has 0 bridgehead atoms. The van der Waals surface area contributed by atoms with Crippen LogP contribution >= 0.6 is 22.6 Å². The summed E-state index contributed by atoms with van der Waals surface area (Å²) in [6.45, 7) is 0.324. The van der Waals surface area contributed by atoms with E-state index in [2.05, 4.69) is 9.97 Å². The lowest BCUT2D eigenvalue weighted by Crippen LogP contribution is -2.16.